The summed E-state index contributed by atoms with van der Waals surface area (Å²) >= 11 is 0. The van der Waals surface area contributed by atoms with E-state index in [9.17, 15) is 0 Å². The Morgan fingerprint density at radius 3 is 1.85 bits per heavy atom. The molecule has 0 aliphatic carbocycles. The van der Waals surface area contributed by atoms with Crippen molar-refractivity contribution in [2.24, 2.45) is 0 Å². The predicted molar refractivity (Wildman–Crippen MR) is 57.3 cm³/mol. The van der Waals surface area contributed by atoms with Crippen LogP contribution < -0.4 is 0 Å². The molecule has 0 aliphatic heterocycles. The molecule has 0 spiro atoms. The Kier molecular flexibility index (Phi) is 7.88. The van der Waals surface area contributed by atoms with E-state index in [1.54, 1.807) is 0 Å². The molecule has 13 heavy (non-hydrogen) atoms. The molecule has 0 rings (SSSR count). The van der Waals surface area contributed by atoms with Gasteiger partial charge < -0.3 is 13.6 Å². The van der Waals surface area contributed by atoms with E-state index in [1.807, 2.05) is 20.4 Å². The minimum Gasteiger partial charge on any atom is -0.453 e. The first-order chi connectivity index (χ1) is 6.18. The van der Waals surface area contributed by atoms with Gasteiger partial charge in [-0.3, -0.25) is 0 Å². The fourth-order valence-corrected chi connectivity index (χ4v) is 4.78. The molecular weight excluding hydrogens is 200 g/mol. The van der Waals surface area contributed by atoms with E-state index < -0.39 is 8.32 Å². The highest BCUT2D eigenvalue weighted by Crippen LogP contribution is 2.05. The fourth-order valence-electron chi connectivity index (χ4n) is 0.983. The van der Waals surface area contributed by atoms with Crippen LogP contribution in [0, 0.1) is 0 Å². The molecular formula is C8H20O3Si2. The molecule has 0 atom stereocenters. The first kappa shape index (κ1) is 13.3. The highest BCUT2D eigenvalue weighted by molar-refractivity contribution is 6.76. The highest BCUT2D eigenvalue weighted by atomic mass is 28.4. The first-order valence-corrected chi connectivity index (χ1v) is 8.91. The molecule has 0 heterocycles. The van der Waals surface area contributed by atoms with E-state index in [1.165, 1.54) is 0 Å². The molecule has 0 aromatic heterocycles. The zero-order valence-electron chi connectivity index (χ0n) is 9.05. The molecule has 3 nitrogen and oxygen atoms in total. The van der Waals surface area contributed by atoms with Gasteiger partial charge >= 0.3 is 0 Å². The summed E-state index contributed by atoms with van der Waals surface area (Å²) in [7, 11) is -1.19. The molecule has 0 fully saturated rings. The maximum absolute atomic E-state index is 5.75. The van der Waals surface area contributed by atoms with Crippen molar-refractivity contribution in [2.75, 3.05) is 25.7 Å². The summed E-state index contributed by atoms with van der Waals surface area (Å²) in [4.78, 5) is 0. The standard InChI is InChI=1S/C8H20O3Si2/c1-5-9-7-13(4,11-12-3)8-10-6-2/h5-8H2,1-4H3. The van der Waals surface area contributed by atoms with Crippen LogP contribution in [0.4, 0.5) is 0 Å². The molecule has 5 heteroatoms. The predicted octanol–water partition coefficient (Wildman–Crippen LogP) is 1.40. The lowest BCUT2D eigenvalue weighted by Gasteiger charge is -2.26. The molecule has 0 saturated carbocycles. The lowest BCUT2D eigenvalue weighted by molar-refractivity contribution is 0.148. The molecule has 0 amide bonds. The zero-order valence-corrected chi connectivity index (χ0v) is 11.1. The average molecular weight is 220 g/mol. The smallest absolute Gasteiger partial charge is 0.228 e. The van der Waals surface area contributed by atoms with Crippen molar-refractivity contribution < 1.29 is 13.6 Å². The topological polar surface area (TPSA) is 27.7 Å². The Morgan fingerprint density at radius 1 is 1.08 bits per heavy atom. The maximum atomic E-state index is 5.75. The van der Waals surface area contributed by atoms with E-state index >= 15 is 0 Å². The minimum absolute atomic E-state index is 0.533. The lowest BCUT2D eigenvalue weighted by Crippen LogP contribution is -2.46. The molecule has 0 aliphatic rings. The SMILES string of the molecule is CCOC[Si](C)(COCC)O[Si]C. The van der Waals surface area contributed by atoms with Crippen LogP contribution in [0.25, 0.3) is 0 Å². The normalized spacial score (nSPS) is 12.0. The van der Waals surface area contributed by atoms with Gasteiger partial charge in [0.15, 0.2) is 0 Å². The van der Waals surface area contributed by atoms with Gasteiger partial charge in [-0.25, -0.2) is 0 Å². The van der Waals surface area contributed by atoms with Gasteiger partial charge in [0.2, 0.25) is 18.1 Å². The summed E-state index contributed by atoms with van der Waals surface area (Å²) < 4.78 is 16.6. The van der Waals surface area contributed by atoms with Crippen molar-refractivity contribution in [1.82, 2.24) is 0 Å². The van der Waals surface area contributed by atoms with Crippen molar-refractivity contribution >= 4 is 18.1 Å². The Balaban J connectivity index is 3.84. The minimum atomic E-state index is -1.72. The van der Waals surface area contributed by atoms with E-state index in [0.717, 1.165) is 25.7 Å². The summed E-state index contributed by atoms with van der Waals surface area (Å²) in [5.41, 5.74) is 0. The number of hydrogen-bond donors (Lipinski definition) is 0. The van der Waals surface area contributed by atoms with Gasteiger partial charge in [0.25, 0.3) is 0 Å². The summed E-state index contributed by atoms with van der Waals surface area (Å²) in [6.45, 7) is 9.72. The maximum Gasteiger partial charge on any atom is 0.228 e. The van der Waals surface area contributed by atoms with Crippen LogP contribution in [-0.2, 0) is 13.6 Å². The van der Waals surface area contributed by atoms with Crippen molar-refractivity contribution in [3.05, 3.63) is 0 Å². The third-order valence-electron chi connectivity index (χ3n) is 1.57. The molecule has 0 bridgehead atoms. The third kappa shape index (κ3) is 6.39. The largest absolute Gasteiger partial charge is 0.453 e. The number of ether oxygens (including phenoxy) is 2. The molecule has 0 unspecified atom stereocenters. The van der Waals surface area contributed by atoms with Crippen LogP contribution in [0.5, 0.6) is 0 Å². The summed E-state index contributed by atoms with van der Waals surface area (Å²) in [5, 5.41) is 0. The Labute approximate surface area is 84.8 Å². The average Bonchev–Trinajstić information content (AvgIpc) is 2.12. The van der Waals surface area contributed by atoms with Crippen LogP contribution in [-0.4, -0.2) is 43.8 Å². The molecule has 0 aromatic rings. The van der Waals surface area contributed by atoms with Gasteiger partial charge in [-0.15, -0.1) is 0 Å². The molecule has 0 saturated heterocycles. The first-order valence-electron chi connectivity index (χ1n) is 4.68. The van der Waals surface area contributed by atoms with Gasteiger partial charge in [-0.05, 0) is 26.9 Å². The van der Waals surface area contributed by atoms with Crippen molar-refractivity contribution in [1.29, 1.82) is 0 Å². The molecule has 0 aromatic carbocycles. The fraction of sp³-hybridized carbons (Fsp3) is 1.00. The highest BCUT2D eigenvalue weighted by Gasteiger charge is 2.28. The molecule has 78 valence electrons. The van der Waals surface area contributed by atoms with Gasteiger partial charge in [0.1, 0.15) is 0 Å². The second-order valence-corrected chi connectivity index (χ2v) is 7.73. The monoisotopic (exact) mass is 220 g/mol. The van der Waals surface area contributed by atoms with Crippen LogP contribution in [0.3, 0.4) is 0 Å². The quantitative estimate of drug-likeness (QED) is 0.579. The van der Waals surface area contributed by atoms with E-state index in [0.29, 0.717) is 9.76 Å². The van der Waals surface area contributed by atoms with Crippen LogP contribution in [0.2, 0.25) is 13.1 Å². The van der Waals surface area contributed by atoms with E-state index in [-0.39, 0.29) is 0 Å². The van der Waals surface area contributed by atoms with Crippen molar-refractivity contribution in [2.45, 2.75) is 26.9 Å². The zero-order chi connectivity index (χ0) is 10.2. The van der Waals surface area contributed by atoms with Crippen LogP contribution >= 0.6 is 0 Å². The number of hydrogen-bond acceptors (Lipinski definition) is 3. The van der Waals surface area contributed by atoms with Gasteiger partial charge in [-0.1, -0.05) is 0 Å². The Hall–Kier alpha value is 0.314. The molecule has 2 radical (unpaired) electrons. The second-order valence-electron chi connectivity index (χ2n) is 3.03. The van der Waals surface area contributed by atoms with Gasteiger partial charge in [0.05, 0.1) is 12.5 Å². The summed E-state index contributed by atoms with van der Waals surface area (Å²) in [5.74, 6) is 0. The van der Waals surface area contributed by atoms with Crippen molar-refractivity contribution in [3.8, 4) is 0 Å². The van der Waals surface area contributed by atoms with Crippen molar-refractivity contribution in [3.63, 3.8) is 0 Å². The van der Waals surface area contributed by atoms with E-state index in [2.05, 4.69) is 6.55 Å². The van der Waals surface area contributed by atoms with Crippen LogP contribution in [0.15, 0.2) is 0 Å². The van der Waals surface area contributed by atoms with E-state index in [4.69, 9.17) is 13.6 Å². The Bertz CT molecular complexity index is 114. The summed E-state index contributed by atoms with van der Waals surface area (Å²) in [6.07, 6.45) is 1.48. The van der Waals surface area contributed by atoms with Crippen LogP contribution in [0.1, 0.15) is 13.8 Å². The number of rotatable bonds is 8. The molecule has 0 N–H and O–H groups in total. The lowest BCUT2D eigenvalue weighted by atomic mass is 10.9. The third-order valence-corrected chi connectivity index (χ3v) is 5.99. The van der Waals surface area contributed by atoms with Gasteiger partial charge in [-0.2, -0.15) is 0 Å². The second kappa shape index (κ2) is 7.69. The van der Waals surface area contributed by atoms with Gasteiger partial charge in [0, 0.05) is 13.2 Å². The Morgan fingerprint density at radius 2 is 1.54 bits per heavy atom. The summed E-state index contributed by atoms with van der Waals surface area (Å²) in [6, 6.07) is 0.